The summed E-state index contributed by atoms with van der Waals surface area (Å²) in [6.45, 7) is 0. The van der Waals surface area contributed by atoms with E-state index in [1.165, 1.54) is 37.1 Å². The van der Waals surface area contributed by atoms with Crippen molar-refractivity contribution in [1.82, 2.24) is 9.55 Å². The minimum atomic E-state index is -1.28. The van der Waals surface area contributed by atoms with Crippen LogP contribution in [0.2, 0.25) is 0 Å². The maximum atomic E-state index is 6.20. The first-order chi connectivity index (χ1) is 30.2. The molecule has 3 aromatic heterocycles. The molecule has 3 heterocycles. The van der Waals surface area contributed by atoms with E-state index in [0.717, 1.165) is 72.3 Å². The van der Waals surface area contributed by atoms with E-state index in [2.05, 4.69) is 217 Å². The normalized spacial score (nSPS) is 11.8. The summed E-state index contributed by atoms with van der Waals surface area (Å²) < 4.78 is 8.58. The largest absolute Gasteiger partial charge is 0.456 e. The van der Waals surface area contributed by atoms with Gasteiger partial charge in [0.15, 0.2) is 8.80 Å². The molecule has 0 unspecified atom stereocenters. The van der Waals surface area contributed by atoms with Crippen LogP contribution in [0.5, 0.6) is 0 Å². The highest BCUT2D eigenvalue weighted by atomic mass is 28.3. The van der Waals surface area contributed by atoms with Crippen LogP contribution in [-0.4, -0.2) is 18.3 Å². The molecule has 0 spiro atoms. The minimum Gasteiger partial charge on any atom is -0.456 e. The summed E-state index contributed by atoms with van der Waals surface area (Å²) in [5.74, 6) is 0.882. The predicted molar refractivity (Wildman–Crippen MR) is 257 cm³/mol. The van der Waals surface area contributed by atoms with E-state index >= 15 is 0 Å². The van der Waals surface area contributed by atoms with Gasteiger partial charge >= 0.3 is 0 Å². The maximum Gasteiger partial charge on any atom is 0.154 e. The lowest BCUT2D eigenvalue weighted by Crippen LogP contribution is -2.51. The van der Waals surface area contributed by atoms with Gasteiger partial charge in [-0.25, -0.2) is 4.98 Å². The lowest BCUT2D eigenvalue weighted by Gasteiger charge is -2.18. The molecule has 61 heavy (non-hydrogen) atoms. The second-order valence-corrected chi connectivity index (χ2v) is 18.2. The molecule has 12 rings (SSSR count). The summed E-state index contributed by atoms with van der Waals surface area (Å²) in [4.78, 5) is 5.60. The summed E-state index contributed by atoms with van der Waals surface area (Å²) in [6, 6.07) is 81.2. The first-order valence-electron chi connectivity index (χ1n) is 20.8. The average molecular weight is 794 g/mol. The second kappa shape index (κ2) is 14.5. The van der Waals surface area contributed by atoms with E-state index in [9.17, 15) is 0 Å². The van der Waals surface area contributed by atoms with E-state index < -0.39 is 8.80 Å². The van der Waals surface area contributed by atoms with Gasteiger partial charge in [0.05, 0.1) is 16.7 Å². The molecule has 0 aliphatic heterocycles. The maximum absolute atomic E-state index is 6.20. The van der Waals surface area contributed by atoms with Gasteiger partial charge in [0.1, 0.15) is 17.0 Å². The van der Waals surface area contributed by atoms with Crippen molar-refractivity contribution in [3.8, 4) is 39.3 Å². The van der Waals surface area contributed by atoms with Gasteiger partial charge in [0, 0.05) is 27.1 Å². The van der Waals surface area contributed by atoms with Gasteiger partial charge in [-0.15, -0.1) is 0 Å². The highest BCUT2D eigenvalue weighted by molar-refractivity contribution is 6.95. The Morgan fingerprint density at radius 2 is 0.967 bits per heavy atom. The lowest BCUT2D eigenvalue weighted by atomic mass is 9.99. The Morgan fingerprint density at radius 3 is 1.75 bits per heavy atom. The topological polar surface area (TPSA) is 31.0 Å². The summed E-state index contributed by atoms with van der Waals surface area (Å²) in [6.07, 6.45) is 0. The van der Waals surface area contributed by atoms with Gasteiger partial charge in [-0.3, -0.25) is 4.57 Å². The molecular weight excluding hydrogens is 757 g/mol. The van der Waals surface area contributed by atoms with Crippen molar-refractivity contribution in [3.05, 3.63) is 224 Å². The number of pyridine rings is 1. The first kappa shape index (κ1) is 35.2. The first-order valence-corrected chi connectivity index (χ1v) is 22.3. The Kier molecular flexibility index (Phi) is 8.35. The molecule has 0 fully saturated rings. The molecule has 0 atom stereocenters. The second-order valence-electron chi connectivity index (χ2n) is 15.7. The highest BCUT2D eigenvalue weighted by Gasteiger charge is 2.22. The van der Waals surface area contributed by atoms with Gasteiger partial charge in [-0.2, -0.15) is 0 Å². The molecule has 0 aliphatic carbocycles. The van der Waals surface area contributed by atoms with Crippen molar-refractivity contribution in [3.63, 3.8) is 0 Å². The Labute approximate surface area is 355 Å². The Balaban J connectivity index is 1.08. The number of aromatic nitrogens is 2. The summed E-state index contributed by atoms with van der Waals surface area (Å²) in [7, 11) is -1.28. The van der Waals surface area contributed by atoms with Gasteiger partial charge in [-0.05, 0) is 86.7 Å². The molecule has 3 nitrogen and oxygen atoms in total. The zero-order valence-corrected chi connectivity index (χ0v) is 34.2. The van der Waals surface area contributed by atoms with Gasteiger partial charge in [0.2, 0.25) is 0 Å². The quantitative estimate of drug-likeness (QED) is 0.119. The summed E-state index contributed by atoms with van der Waals surface area (Å²) >= 11 is 0. The number of rotatable bonds is 7. The number of para-hydroxylation sites is 1. The zero-order chi connectivity index (χ0) is 40.3. The van der Waals surface area contributed by atoms with E-state index in [4.69, 9.17) is 9.40 Å². The van der Waals surface area contributed by atoms with Crippen molar-refractivity contribution >= 4 is 78.9 Å². The third kappa shape index (κ3) is 6.07. The van der Waals surface area contributed by atoms with Gasteiger partial charge < -0.3 is 4.42 Å². The standard InChI is InChI=1S/C57H37N2OSi/c1-4-15-38(16-5-1)43-36-51(42-18-14-23-46(33-42)61(44-19-6-2-7-20-44)45-21-8-3-9-22-45)58-56(37-43)59-52-30-28-40(35-50(52)57-47-24-11-10-17-39(47)27-31-53(57)59)41-29-32-55-49(34-41)48-25-12-13-26-54(48)60-55/h1-37H. The minimum absolute atomic E-state index is 0.882. The van der Waals surface area contributed by atoms with E-state index in [1.807, 2.05) is 12.1 Å². The molecule has 0 bridgehead atoms. The molecule has 0 saturated carbocycles. The Hall–Kier alpha value is -7.79. The summed E-state index contributed by atoms with van der Waals surface area (Å²) in [5, 5.41) is 11.1. The fourth-order valence-electron chi connectivity index (χ4n) is 9.24. The smallest absolute Gasteiger partial charge is 0.154 e. The van der Waals surface area contributed by atoms with E-state index in [-0.39, 0.29) is 0 Å². The Morgan fingerprint density at radius 1 is 0.361 bits per heavy atom. The summed E-state index contributed by atoms with van der Waals surface area (Å²) in [5.41, 5.74) is 10.7. The van der Waals surface area contributed by atoms with Crippen LogP contribution in [-0.2, 0) is 0 Å². The van der Waals surface area contributed by atoms with E-state index in [0.29, 0.717) is 0 Å². The Bertz CT molecular complexity index is 3550. The average Bonchev–Trinajstić information content (AvgIpc) is 3.88. The fourth-order valence-corrected chi connectivity index (χ4v) is 11.9. The third-order valence-corrected chi connectivity index (χ3v) is 14.8. The van der Waals surface area contributed by atoms with E-state index in [1.54, 1.807) is 0 Å². The van der Waals surface area contributed by atoms with Crippen molar-refractivity contribution in [2.75, 3.05) is 0 Å². The number of nitrogens with zero attached hydrogens (tertiary/aromatic N) is 2. The third-order valence-electron chi connectivity index (χ3n) is 12.1. The monoisotopic (exact) mass is 793 g/mol. The number of benzene rings is 9. The van der Waals surface area contributed by atoms with Crippen LogP contribution in [0, 0.1) is 0 Å². The van der Waals surface area contributed by atoms with Crippen LogP contribution in [0.1, 0.15) is 0 Å². The number of hydrogen-bond donors (Lipinski definition) is 0. The molecule has 4 heteroatoms. The SMILES string of the molecule is c1ccc(-c2cc(-c3cccc([Si](c4ccccc4)c4ccccc4)c3)nc(-n3c4ccc(-c5ccc6oc7ccccc7c6c5)cc4c4c5ccccc5ccc43)c2)cc1. The molecule has 285 valence electrons. The van der Waals surface area contributed by atoms with Gasteiger partial charge in [0.25, 0.3) is 0 Å². The predicted octanol–water partition coefficient (Wildman–Crippen LogP) is 12.7. The molecule has 9 aromatic carbocycles. The molecule has 12 aromatic rings. The van der Waals surface area contributed by atoms with Crippen LogP contribution >= 0.6 is 0 Å². The van der Waals surface area contributed by atoms with Gasteiger partial charge in [-0.1, -0.05) is 186 Å². The van der Waals surface area contributed by atoms with Crippen molar-refractivity contribution in [1.29, 1.82) is 0 Å². The van der Waals surface area contributed by atoms with Crippen LogP contribution in [0.4, 0.5) is 0 Å². The molecule has 0 amide bonds. The van der Waals surface area contributed by atoms with Crippen LogP contribution in [0.3, 0.4) is 0 Å². The van der Waals surface area contributed by atoms with Crippen molar-refractivity contribution in [2.45, 2.75) is 0 Å². The molecule has 0 N–H and O–H groups in total. The van der Waals surface area contributed by atoms with Crippen LogP contribution < -0.4 is 15.6 Å². The van der Waals surface area contributed by atoms with Crippen molar-refractivity contribution in [2.24, 2.45) is 0 Å². The number of furan rings is 1. The highest BCUT2D eigenvalue weighted by Crippen LogP contribution is 2.40. The molecular formula is C57H37N2OSi. The van der Waals surface area contributed by atoms with Crippen LogP contribution in [0.15, 0.2) is 229 Å². The zero-order valence-electron chi connectivity index (χ0n) is 33.2. The lowest BCUT2D eigenvalue weighted by molar-refractivity contribution is 0.669. The van der Waals surface area contributed by atoms with Crippen molar-refractivity contribution < 1.29 is 4.42 Å². The van der Waals surface area contributed by atoms with Crippen LogP contribution in [0.25, 0.3) is 93.8 Å². The molecule has 1 radical (unpaired) electrons. The number of hydrogen-bond acceptors (Lipinski definition) is 2. The molecule has 0 aliphatic rings. The number of fused-ring (bicyclic) bond motifs is 8. The molecule has 0 saturated heterocycles. The fraction of sp³-hybridized carbons (Fsp3) is 0.